The molecule has 0 aliphatic heterocycles. The number of hydrogen-bond acceptors (Lipinski definition) is 3. The van der Waals surface area contributed by atoms with Crippen molar-refractivity contribution in [2.75, 3.05) is 18.5 Å². The van der Waals surface area contributed by atoms with Crippen LogP contribution in [0.1, 0.15) is 25.7 Å². The Kier molecular flexibility index (Phi) is 3.69. The van der Waals surface area contributed by atoms with Gasteiger partial charge < -0.3 is 14.6 Å². The Balaban J connectivity index is 1.54. The molecule has 1 aliphatic carbocycles. The second-order valence-electron chi connectivity index (χ2n) is 5.19. The normalized spacial score (nSPS) is 16.3. The van der Waals surface area contributed by atoms with Crippen molar-refractivity contribution in [1.82, 2.24) is 9.55 Å². The number of nitrogens with one attached hydrogen (secondary N) is 1. The first kappa shape index (κ1) is 12.5. The Hall–Kier alpha value is -1.55. The molecule has 0 amide bonds. The first-order valence-electron chi connectivity index (χ1n) is 7.11. The van der Waals surface area contributed by atoms with Crippen LogP contribution >= 0.6 is 0 Å². The van der Waals surface area contributed by atoms with Gasteiger partial charge in [0.05, 0.1) is 23.7 Å². The minimum Gasteiger partial charge on any atom is -0.376 e. The van der Waals surface area contributed by atoms with E-state index in [1.807, 2.05) is 25.2 Å². The highest BCUT2D eigenvalue weighted by molar-refractivity contribution is 5.78. The van der Waals surface area contributed by atoms with Crippen LogP contribution in [0.4, 0.5) is 5.95 Å². The summed E-state index contributed by atoms with van der Waals surface area (Å²) in [5, 5.41) is 3.35. The molecule has 102 valence electrons. The van der Waals surface area contributed by atoms with Crippen molar-refractivity contribution in [3.05, 3.63) is 24.3 Å². The predicted molar refractivity (Wildman–Crippen MR) is 77.4 cm³/mol. The van der Waals surface area contributed by atoms with Gasteiger partial charge in [-0.3, -0.25) is 0 Å². The first-order valence-corrected chi connectivity index (χ1v) is 7.11. The molecule has 0 saturated heterocycles. The summed E-state index contributed by atoms with van der Waals surface area (Å²) in [7, 11) is 2.04. The highest BCUT2D eigenvalue weighted by atomic mass is 16.5. The Morgan fingerprint density at radius 3 is 2.89 bits per heavy atom. The van der Waals surface area contributed by atoms with Crippen LogP contribution in [0, 0.1) is 0 Å². The van der Waals surface area contributed by atoms with Gasteiger partial charge in [0.25, 0.3) is 0 Å². The van der Waals surface area contributed by atoms with E-state index in [1.165, 1.54) is 25.7 Å². The molecule has 1 aromatic carbocycles. The summed E-state index contributed by atoms with van der Waals surface area (Å²) in [6.45, 7) is 1.57. The van der Waals surface area contributed by atoms with Gasteiger partial charge in [-0.1, -0.05) is 25.0 Å². The lowest BCUT2D eigenvalue weighted by atomic mass is 10.3. The standard InChI is InChI=1S/C15H21N3O/c1-18-14-9-5-4-8-13(14)17-15(18)16-10-11-19-12-6-2-3-7-12/h4-5,8-9,12H,2-3,6-7,10-11H2,1H3,(H,16,17). The average molecular weight is 259 g/mol. The molecule has 4 nitrogen and oxygen atoms in total. The van der Waals surface area contributed by atoms with Crippen LogP contribution in [0.15, 0.2) is 24.3 Å². The summed E-state index contributed by atoms with van der Waals surface area (Å²) in [6.07, 6.45) is 5.59. The third kappa shape index (κ3) is 2.73. The average Bonchev–Trinajstić information content (AvgIpc) is 3.04. The van der Waals surface area contributed by atoms with Crippen LogP contribution in [0.25, 0.3) is 11.0 Å². The zero-order chi connectivity index (χ0) is 13.1. The van der Waals surface area contributed by atoms with Crippen molar-refractivity contribution >= 4 is 17.0 Å². The molecule has 1 saturated carbocycles. The minimum absolute atomic E-state index is 0.488. The monoisotopic (exact) mass is 259 g/mol. The number of para-hydroxylation sites is 2. The van der Waals surface area contributed by atoms with E-state index < -0.39 is 0 Å². The van der Waals surface area contributed by atoms with E-state index in [1.54, 1.807) is 0 Å². The van der Waals surface area contributed by atoms with Gasteiger partial charge in [0.2, 0.25) is 5.95 Å². The van der Waals surface area contributed by atoms with Crippen molar-refractivity contribution in [1.29, 1.82) is 0 Å². The smallest absolute Gasteiger partial charge is 0.203 e. The van der Waals surface area contributed by atoms with E-state index in [0.29, 0.717) is 6.10 Å². The SMILES string of the molecule is Cn1c(NCCOC2CCCC2)nc2ccccc21. The number of hydrogen-bond donors (Lipinski definition) is 1. The van der Waals surface area contributed by atoms with E-state index in [4.69, 9.17) is 4.74 Å². The molecule has 3 rings (SSSR count). The van der Waals surface area contributed by atoms with Crippen molar-refractivity contribution < 1.29 is 4.74 Å². The molecule has 0 spiro atoms. The lowest BCUT2D eigenvalue weighted by Gasteiger charge is -2.11. The van der Waals surface area contributed by atoms with Gasteiger partial charge in [0, 0.05) is 13.6 Å². The highest BCUT2D eigenvalue weighted by Crippen LogP contribution is 2.21. The first-order chi connectivity index (χ1) is 9.34. The largest absolute Gasteiger partial charge is 0.376 e. The summed E-state index contributed by atoms with van der Waals surface area (Å²) >= 11 is 0. The lowest BCUT2D eigenvalue weighted by Crippen LogP contribution is -2.16. The number of aryl methyl sites for hydroxylation is 1. The second kappa shape index (κ2) is 5.61. The van der Waals surface area contributed by atoms with Gasteiger partial charge >= 0.3 is 0 Å². The van der Waals surface area contributed by atoms with E-state index in [2.05, 4.69) is 20.9 Å². The Bertz CT molecular complexity index is 543. The van der Waals surface area contributed by atoms with Crippen LogP contribution in [-0.2, 0) is 11.8 Å². The van der Waals surface area contributed by atoms with Crippen molar-refractivity contribution in [2.45, 2.75) is 31.8 Å². The predicted octanol–water partition coefficient (Wildman–Crippen LogP) is 2.94. The number of anilines is 1. The van der Waals surface area contributed by atoms with E-state index in [0.717, 1.165) is 30.1 Å². The number of ether oxygens (including phenoxy) is 1. The summed E-state index contributed by atoms with van der Waals surface area (Å²) in [5.74, 6) is 0.913. The van der Waals surface area contributed by atoms with Gasteiger partial charge in [0.1, 0.15) is 0 Å². The van der Waals surface area contributed by atoms with Crippen molar-refractivity contribution in [3.63, 3.8) is 0 Å². The molecular weight excluding hydrogens is 238 g/mol. The molecule has 1 aliphatic rings. The minimum atomic E-state index is 0.488. The summed E-state index contributed by atoms with van der Waals surface area (Å²) in [4.78, 5) is 4.58. The van der Waals surface area contributed by atoms with Crippen LogP contribution in [0.2, 0.25) is 0 Å². The van der Waals surface area contributed by atoms with Crippen LogP contribution in [0.3, 0.4) is 0 Å². The van der Waals surface area contributed by atoms with Gasteiger partial charge in [-0.05, 0) is 25.0 Å². The summed E-state index contributed by atoms with van der Waals surface area (Å²) < 4.78 is 7.93. The van der Waals surface area contributed by atoms with Crippen molar-refractivity contribution in [3.8, 4) is 0 Å². The third-order valence-electron chi connectivity index (χ3n) is 3.83. The fraction of sp³-hybridized carbons (Fsp3) is 0.533. The molecule has 4 heteroatoms. The molecule has 19 heavy (non-hydrogen) atoms. The molecular formula is C15H21N3O. The molecule has 2 aromatic rings. The number of imidazole rings is 1. The van der Waals surface area contributed by atoms with E-state index >= 15 is 0 Å². The van der Waals surface area contributed by atoms with Crippen LogP contribution < -0.4 is 5.32 Å². The molecule has 1 heterocycles. The van der Waals surface area contributed by atoms with Gasteiger partial charge in [-0.25, -0.2) is 4.98 Å². The maximum Gasteiger partial charge on any atom is 0.203 e. The highest BCUT2D eigenvalue weighted by Gasteiger charge is 2.14. The lowest BCUT2D eigenvalue weighted by molar-refractivity contribution is 0.0658. The molecule has 1 fully saturated rings. The number of fused-ring (bicyclic) bond motifs is 1. The topological polar surface area (TPSA) is 39.1 Å². The van der Waals surface area contributed by atoms with E-state index in [-0.39, 0.29) is 0 Å². The number of rotatable bonds is 5. The molecule has 0 unspecified atom stereocenters. The Labute approximate surface area is 113 Å². The van der Waals surface area contributed by atoms with Gasteiger partial charge in [-0.2, -0.15) is 0 Å². The fourth-order valence-corrected chi connectivity index (χ4v) is 2.75. The van der Waals surface area contributed by atoms with Gasteiger partial charge in [-0.15, -0.1) is 0 Å². The van der Waals surface area contributed by atoms with E-state index in [9.17, 15) is 0 Å². The van der Waals surface area contributed by atoms with Crippen LogP contribution in [-0.4, -0.2) is 28.8 Å². The van der Waals surface area contributed by atoms with Gasteiger partial charge in [0.15, 0.2) is 0 Å². The third-order valence-corrected chi connectivity index (χ3v) is 3.83. The second-order valence-corrected chi connectivity index (χ2v) is 5.19. The zero-order valence-electron chi connectivity index (χ0n) is 11.4. The Morgan fingerprint density at radius 2 is 2.11 bits per heavy atom. The number of nitrogens with zero attached hydrogens (tertiary/aromatic N) is 2. The van der Waals surface area contributed by atoms with Crippen molar-refractivity contribution in [2.24, 2.45) is 7.05 Å². The van der Waals surface area contributed by atoms with Crippen LogP contribution in [0.5, 0.6) is 0 Å². The maximum atomic E-state index is 5.84. The summed E-state index contributed by atoms with van der Waals surface area (Å²) in [6, 6.07) is 8.18. The number of aromatic nitrogens is 2. The molecule has 1 N–H and O–H groups in total. The number of benzene rings is 1. The maximum absolute atomic E-state index is 5.84. The Morgan fingerprint density at radius 1 is 1.32 bits per heavy atom. The molecule has 1 aromatic heterocycles. The zero-order valence-corrected chi connectivity index (χ0v) is 11.4. The summed E-state index contributed by atoms with van der Waals surface area (Å²) in [5.41, 5.74) is 2.19. The molecule has 0 atom stereocenters. The molecule has 0 bridgehead atoms. The quantitative estimate of drug-likeness (QED) is 0.839. The molecule has 0 radical (unpaired) electrons. The fourth-order valence-electron chi connectivity index (χ4n) is 2.75.